The van der Waals surface area contributed by atoms with Gasteiger partial charge >= 0.3 is 0 Å². The Hall–Kier alpha value is -2.00. The molecule has 0 heterocycles. The second-order valence-corrected chi connectivity index (χ2v) is 4.39. The molecule has 0 atom stereocenters. The Morgan fingerprint density at radius 2 is 1.83 bits per heavy atom. The van der Waals surface area contributed by atoms with Gasteiger partial charge in [0.1, 0.15) is 17.2 Å². The molecular formula is C14H12ClNO2. The van der Waals surface area contributed by atoms with E-state index >= 15 is 0 Å². The fourth-order valence-electron chi connectivity index (χ4n) is 1.51. The van der Waals surface area contributed by atoms with E-state index in [2.05, 4.69) is 4.99 Å². The standard InChI is InChI=1S/C14H12ClNO2/c1-9-2-5-12(14(18)6-9)16-8-10-3-4-11(15)7-13(10)17/h2-8,17-18H,1H3. The fraction of sp³-hybridized carbons (Fsp3) is 0.0714. The van der Waals surface area contributed by atoms with Gasteiger partial charge in [0.25, 0.3) is 0 Å². The number of hydrogen-bond donors (Lipinski definition) is 2. The van der Waals surface area contributed by atoms with Crippen LogP contribution in [0.1, 0.15) is 11.1 Å². The van der Waals surface area contributed by atoms with Crippen LogP contribution in [0.3, 0.4) is 0 Å². The number of hydrogen-bond acceptors (Lipinski definition) is 3. The summed E-state index contributed by atoms with van der Waals surface area (Å²) in [7, 11) is 0. The van der Waals surface area contributed by atoms with E-state index in [1.54, 1.807) is 24.3 Å². The van der Waals surface area contributed by atoms with Gasteiger partial charge in [-0.15, -0.1) is 0 Å². The molecule has 2 aromatic carbocycles. The lowest BCUT2D eigenvalue weighted by molar-refractivity contribution is 0.474. The summed E-state index contributed by atoms with van der Waals surface area (Å²) in [6, 6.07) is 9.97. The van der Waals surface area contributed by atoms with Crippen molar-refractivity contribution >= 4 is 23.5 Å². The Labute approximate surface area is 110 Å². The highest BCUT2D eigenvalue weighted by Crippen LogP contribution is 2.27. The lowest BCUT2D eigenvalue weighted by Gasteiger charge is -2.01. The first-order valence-electron chi connectivity index (χ1n) is 5.38. The summed E-state index contributed by atoms with van der Waals surface area (Å²) in [5.74, 6) is 0.164. The van der Waals surface area contributed by atoms with Gasteiger partial charge in [-0.2, -0.15) is 0 Å². The van der Waals surface area contributed by atoms with Crippen molar-refractivity contribution in [2.75, 3.05) is 0 Å². The predicted molar refractivity (Wildman–Crippen MR) is 73.2 cm³/mol. The van der Waals surface area contributed by atoms with Gasteiger partial charge < -0.3 is 10.2 Å². The molecule has 18 heavy (non-hydrogen) atoms. The zero-order valence-electron chi connectivity index (χ0n) is 9.76. The summed E-state index contributed by atoms with van der Waals surface area (Å²) in [5.41, 5.74) is 1.95. The molecule has 92 valence electrons. The summed E-state index contributed by atoms with van der Waals surface area (Å²) in [4.78, 5) is 4.13. The first-order valence-corrected chi connectivity index (χ1v) is 5.76. The highest BCUT2D eigenvalue weighted by molar-refractivity contribution is 6.30. The summed E-state index contributed by atoms with van der Waals surface area (Å²) < 4.78 is 0. The molecule has 0 radical (unpaired) electrons. The molecule has 3 nitrogen and oxygen atoms in total. The van der Waals surface area contributed by atoms with Gasteiger partial charge in [-0.3, -0.25) is 4.99 Å². The van der Waals surface area contributed by atoms with Crippen molar-refractivity contribution in [3.63, 3.8) is 0 Å². The molecule has 2 rings (SSSR count). The second kappa shape index (κ2) is 5.10. The molecule has 2 aromatic rings. The van der Waals surface area contributed by atoms with Crippen LogP contribution < -0.4 is 0 Å². The van der Waals surface area contributed by atoms with E-state index in [1.807, 2.05) is 13.0 Å². The molecule has 0 aliphatic carbocycles. The quantitative estimate of drug-likeness (QED) is 0.808. The van der Waals surface area contributed by atoms with Crippen LogP contribution in [0.5, 0.6) is 11.5 Å². The number of halogens is 1. The average Bonchev–Trinajstić information content (AvgIpc) is 2.30. The number of phenolic OH excluding ortho intramolecular Hbond substituents is 2. The molecule has 0 aromatic heterocycles. The van der Waals surface area contributed by atoms with E-state index in [9.17, 15) is 10.2 Å². The third-order valence-electron chi connectivity index (χ3n) is 2.47. The first kappa shape index (κ1) is 12.5. The Bertz CT molecular complexity index is 555. The van der Waals surface area contributed by atoms with Crippen LogP contribution in [-0.2, 0) is 0 Å². The number of nitrogens with zero attached hydrogens (tertiary/aromatic N) is 1. The highest BCUT2D eigenvalue weighted by atomic mass is 35.5. The predicted octanol–water partition coefficient (Wildman–Crippen LogP) is 3.81. The molecule has 0 saturated heterocycles. The summed E-state index contributed by atoms with van der Waals surface area (Å²) >= 11 is 5.73. The van der Waals surface area contributed by atoms with E-state index in [1.165, 1.54) is 12.3 Å². The minimum Gasteiger partial charge on any atom is -0.507 e. The number of aromatic hydroxyl groups is 2. The molecule has 0 bridgehead atoms. The molecule has 0 aliphatic rings. The van der Waals surface area contributed by atoms with Gasteiger partial charge in [-0.25, -0.2) is 0 Å². The Morgan fingerprint density at radius 1 is 1.06 bits per heavy atom. The normalized spacial score (nSPS) is 11.0. The molecule has 2 N–H and O–H groups in total. The van der Waals surface area contributed by atoms with Crippen LogP contribution in [0, 0.1) is 6.92 Å². The number of phenols is 2. The van der Waals surface area contributed by atoms with Crippen LogP contribution in [0.25, 0.3) is 0 Å². The second-order valence-electron chi connectivity index (χ2n) is 3.95. The summed E-state index contributed by atoms with van der Waals surface area (Å²) in [6.07, 6.45) is 1.48. The van der Waals surface area contributed by atoms with Crippen LogP contribution in [0.15, 0.2) is 41.4 Å². The maximum absolute atomic E-state index is 9.69. The third kappa shape index (κ3) is 2.81. The minimum atomic E-state index is 0.0536. The maximum atomic E-state index is 9.69. The van der Waals surface area contributed by atoms with E-state index in [0.717, 1.165) is 5.56 Å². The number of aryl methyl sites for hydroxylation is 1. The summed E-state index contributed by atoms with van der Waals surface area (Å²) in [5, 5.41) is 19.8. The van der Waals surface area contributed by atoms with E-state index < -0.39 is 0 Å². The Kier molecular flexibility index (Phi) is 3.53. The van der Waals surface area contributed by atoms with Gasteiger partial charge in [-0.05, 0) is 42.8 Å². The van der Waals surface area contributed by atoms with Crippen LogP contribution in [0.2, 0.25) is 5.02 Å². The average molecular weight is 262 g/mol. The topological polar surface area (TPSA) is 52.8 Å². The van der Waals surface area contributed by atoms with Crippen LogP contribution in [0.4, 0.5) is 5.69 Å². The zero-order valence-corrected chi connectivity index (χ0v) is 10.5. The molecule has 0 amide bonds. The molecule has 0 saturated carbocycles. The Morgan fingerprint density at radius 3 is 2.50 bits per heavy atom. The molecule has 0 unspecified atom stereocenters. The van der Waals surface area contributed by atoms with Crippen molar-refractivity contribution in [2.24, 2.45) is 4.99 Å². The Balaban J connectivity index is 2.30. The van der Waals surface area contributed by atoms with E-state index in [-0.39, 0.29) is 11.5 Å². The van der Waals surface area contributed by atoms with Gasteiger partial charge in [0, 0.05) is 16.8 Å². The smallest absolute Gasteiger partial charge is 0.141 e. The lowest BCUT2D eigenvalue weighted by atomic mass is 10.2. The molecule has 0 spiro atoms. The summed E-state index contributed by atoms with van der Waals surface area (Å²) in [6.45, 7) is 1.89. The number of benzene rings is 2. The van der Waals surface area contributed by atoms with Crippen molar-refractivity contribution in [2.45, 2.75) is 6.92 Å². The van der Waals surface area contributed by atoms with Crippen LogP contribution in [-0.4, -0.2) is 16.4 Å². The minimum absolute atomic E-state index is 0.0536. The highest BCUT2D eigenvalue weighted by Gasteiger charge is 2.01. The fourth-order valence-corrected chi connectivity index (χ4v) is 1.67. The van der Waals surface area contributed by atoms with Gasteiger partial charge in [-0.1, -0.05) is 17.7 Å². The van der Waals surface area contributed by atoms with Crippen molar-refractivity contribution in [3.05, 3.63) is 52.5 Å². The van der Waals surface area contributed by atoms with Gasteiger partial charge in [0.05, 0.1) is 0 Å². The largest absolute Gasteiger partial charge is 0.507 e. The van der Waals surface area contributed by atoms with Crippen molar-refractivity contribution in [1.82, 2.24) is 0 Å². The van der Waals surface area contributed by atoms with Crippen molar-refractivity contribution in [3.8, 4) is 11.5 Å². The zero-order chi connectivity index (χ0) is 13.1. The SMILES string of the molecule is Cc1ccc(N=Cc2ccc(Cl)cc2O)c(O)c1. The molecule has 0 fully saturated rings. The van der Waals surface area contributed by atoms with Crippen molar-refractivity contribution < 1.29 is 10.2 Å². The van der Waals surface area contributed by atoms with E-state index in [4.69, 9.17) is 11.6 Å². The van der Waals surface area contributed by atoms with Crippen LogP contribution >= 0.6 is 11.6 Å². The van der Waals surface area contributed by atoms with Gasteiger partial charge in [0.15, 0.2) is 0 Å². The van der Waals surface area contributed by atoms with Gasteiger partial charge in [0.2, 0.25) is 0 Å². The monoisotopic (exact) mass is 261 g/mol. The third-order valence-corrected chi connectivity index (χ3v) is 2.70. The van der Waals surface area contributed by atoms with E-state index in [0.29, 0.717) is 16.3 Å². The number of rotatable bonds is 2. The molecule has 0 aliphatic heterocycles. The molecule has 4 heteroatoms. The first-order chi connectivity index (χ1) is 8.56. The van der Waals surface area contributed by atoms with Crippen molar-refractivity contribution in [1.29, 1.82) is 0 Å². The maximum Gasteiger partial charge on any atom is 0.141 e. The molecular weight excluding hydrogens is 250 g/mol. The number of aliphatic imine (C=N–C) groups is 1. The lowest BCUT2D eigenvalue weighted by Crippen LogP contribution is -1.82.